The number of amides is 1. The van der Waals surface area contributed by atoms with Crippen LogP contribution in [-0.2, 0) is 6.54 Å². The van der Waals surface area contributed by atoms with Crippen LogP contribution in [0.2, 0.25) is 0 Å². The van der Waals surface area contributed by atoms with Crippen molar-refractivity contribution in [2.24, 2.45) is 0 Å². The van der Waals surface area contributed by atoms with Crippen LogP contribution in [0, 0.1) is 11.3 Å². The maximum Gasteiger partial charge on any atom is 0.252 e. The van der Waals surface area contributed by atoms with Gasteiger partial charge >= 0.3 is 0 Å². The highest BCUT2D eigenvalue weighted by molar-refractivity contribution is 6.00. The second kappa shape index (κ2) is 8.00. The van der Waals surface area contributed by atoms with Crippen molar-refractivity contribution in [2.75, 3.05) is 7.11 Å². The molecule has 0 radical (unpaired) electrons. The van der Waals surface area contributed by atoms with Gasteiger partial charge in [-0.05, 0) is 47.0 Å². The number of nitrogens with zero attached hydrogens (tertiary/aromatic N) is 1. The van der Waals surface area contributed by atoms with E-state index in [-0.39, 0.29) is 5.91 Å². The van der Waals surface area contributed by atoms with E-state index < -0.39 is 0 Å². The molecule has 3 rings (SSSR count). The Bertz CT molecular complexity index is 939. The number of nitrogens with one attached hydrogen (secondary N) is 1. The maximum atomic E-state index is 12.7. The Labute approximate surface area is 152 Å². The number of benzene rings is 3. The largest absolute Gasteiger partial charge is 0.497 e. The molecule has 1 amide bonds. The molecule has 4 heteroatoms. The van der Waals surface area contributed by atoms with E-state index in [0.717, 1.165) is 22.4 Å². The zero-order chi connectivity index (χ0) is 18.4. The van der Waals surface area contributed by atoms with Gasteiger partial charge in [0, 0.05) is 12.1 Å². The molecular weight excluding hydrogens is 324 g/mol. The molecular formula is C22H18N2O2. The number of ether oxygens (including phenoxy) is 1. The van der Waals surface area contributed by atoms with Gasteiger partial charge in [-0.15, -0.1) is 0 Å². The van der Waals surface area contributed by atoms with Gasteiger partial charge in [-0.2, -0.15) is 5.26 Å². The van der Waals surface area contributed by atoms with Crippen LogP contribution in [0.25, 0.3) is 11.1 Å². The molecule has 0 fully saturated rings. The van der Waals surface area contributed by atoms with Gasteiger partial charge in [0.25, 0.3) is 5.91 Å². The first-order valence-corrected chi connectivity index (χ1v) is 8.22. The van der Waals surface area contributed by atoms with Gasteiger partial charge in [0.2, 0.25) is 0 Å². The Hall–Kier alpha value is -3.58. The van der Waals surface area contributed by atoms with E-state index in [2.05, 4.69) is 11.4 Å². The van der Waals surface area contributed by atoms with Crippen molar-refractivity contribution in [3.8, 4) is 22.9 Å². The van der Waals surface area contributed by atoms with Crippen molar-refractivity contribution < 1.29 is 9.53 Å². The van der Waals surface area contributed by atoms with E-state index in [1.54, 1.807) is 19.2 Å². The van der Waals surface area contributed by atoms with Crippen molar-refractivity contribution in [1.29, 1.82) is 5.26 Å². The first kappa shape index (κ1) is 17.2. The quantitative estimate of drug-likeness (QED) is 0.757. The van der Waals surface area contributed by atoms with E-state index in [0.29, 0.717) is 17.7 Å². The zero-order valence-corrected chi connectivity index (χ0v) is 14.4. The monoisotopic (exact) mass is 342 g/mol. The molecule has 0 atom stereocenters. The summed E-state index contributed by atoms with van der Waals surface area (Å²) in [5.74, 6) is 0.636. The summed E-state index contributed by atoms with van der Waals surface area (Å²) in [5.41, 5.74) is 3.98. The fourth-order valence-electron chi connectivity index (χ4n) is 2.68. The topological polar surface area (TPSA) is 62.1 Å². The van der Waals surface area contributed by atoms with Crippen LogP contribution in [0.5, 0.6) is 5.75 Å². The van der Waals surface area contributed by atoms with Gasteiger partial charge < -0.3 is 10.1 Å². The summed E-state index contributed by atoms with van der Waals surface area (Å²) < 4.78 is 5.19. The third kappa shape index (κ3) is 3.90. The Kier molecular flexibility index (Phi) is 5.31. The summed E-state index contributed by atoms with van der Waals surface area (Å²) in [6.45, 7) is 0.404. The number of carbonyl (C=O) groups is 1. The van der Waals surface area contributed by atoms with E-state index in [4.69, 9.17) is 10.00 Å². The van der Waals surface area contributed by atoms with Crippen LogP contribution >= 0.6 is 0 Å². The Morgan fingerprint density at radius 2 is 1.69 bits per heavy atom. The van der Waals surface area contributed by atoms with Crippen LogP contribution < -0.4 is 10.1 Å². The molecule has 0 aliphatic carbocycles. The molecule has 4 nitrogen and oxygen atoms in total. The summed E-state index contributed by atoms with van der Waals surface area (Å²) in [6.07, 6.45) is 0. The lowest BCUT2D eigenvalue weighted by Gasteiger charge is -2.11. The van der Waals surface area contributed by atoms with Gasteiger partial charge in [-0.3, -0.25) is 4.79 Å². The van der Waals surface area contributed by atoms with Crippen LogP contribution in [0.3, 0.4) is 0 Å². The van der Waals surface area contributed by atoms with Crippen molar-refractivity contribution >= 4 is 5.91 Å². The number of nitriles is 1. The first-order chi connectivity index (χ1) is 12.7. The molecule has 0 saturated heterocycles. The smallest absolute Gasteiger partial charge is 0.252 e. The van der Waals surface area contributed by atoms with Crippen molar-refractivity contribution in [3.05, 3.63) is 89.5 Å². The summed E-state index contributed by atoms with van der Waals surface area (Å²) in [4.78, 5) is 12.7. The minimum Gasteiger partial charge on any atom is -0.497 e. The highest BCUT2D eigenvalue weighted by Gasteiger charge is 2.12. The molecule has 3 aromatic rings. The SMILES string of the molecule is COc1ccc(-c2ccccc2C(=O)NCc2ccc(C#N)cc2)cc1. The van der Waals surface area contributed by atoms with Crippen LogP contribution in [-0.4, -0.2) is 13.0 Å². The second-order valence-corrected chi connectivity index (χ2v) is 5.77. The summed E-state index contributed by atoms with van der Waals surface area (Å²) >= 11 is 0. The second-order valence-electron chi connectivity index (χ2n) is 5.77. The Balaban J connectivity index is 1.77. The van der Waals surface area contributed by atoms with Gasteiger partial charge in [0.05, 0.1) is 18.7 Å². The molecule has 0 aliphatic heterocycles. The van der Waals surface area contributed by atoms with Crippen LogP contribution in [0.1, 0.15) is 21.5 Å². The molecule has 0 bridgehead atoms. The first-order valence-electron chi connectivity index (χ1n) is 8.22. The Morgan fingerprint density at radius 1 is 1.00 bits per heavy atom. The minimum absolute atomic E-state index is 0.138. The van der Waals surface area contributed by atoms with Crippen LogP contribution in [0.4, 0.5) is 0 Å². The fourth-order valence-corrected chi connectivity index (χ4v) is 2.68. The summed E-state index contributed by atoms with van der Waals surface area (Å²) in [6, 6.07) is 24.4. The van der Waals surface area contributed by atoms with Crippen LogP contribution in [0.15, 0.2) is 72.8 Å². The summed E-state index contributed by atoms with van der Waals surface area (Å²) in [5, 5.41) is 11.8. The maximum absolute atomic E-state index is 12.7. The Morgan fingerprint density at radius 3 is 2.35 bits per heavy atom. The van der Waals surface area contributed by atoms with Gasteiger partial charge in [-0.25, -0.2) is 0 Å². The molecule has 0 heterocycles. The van der Waals surface area contributed by atoms with E-state index in [1.807, 2.05) is 60.7 Å². The molecule has 26 heavy (non-hydrogen) atoms. The van der Waals surface area contributed by atoms with Gasteiger partial charge in [0.1, 0.15) is 5.75 Å². The van der Waals surface area contributed by atoms with E-state index in [9.17, 15) is 4.79 Å². The van der Waals surface area contributed by atoms with Crippen molar-refractivity contribution in [2.45, 2.75) is 6.54 Å². The lowest BCUT2D eigenvalue weighted by atomic mass is 9.99. The molecule has 0 spiro atoms. The predicted molar refractivity (Wildman–Crippen MR) is 101 cm³/mol. The average Bonchev–Trinajstić information content (AvgIpc) is 2.72. The molecule has 3 aromatic carbocycles. The van der Waals surface area contributed by atoms with Gasteiger partial charge in [-0.1, -0.05) is 42.5 Å². The molecule has 0 saturated carbocycles. The number of methoxy groups -OCH3 is 1. The number of rotatable bonds is 5. The predicted octanol–water partition coefficient (Wildman–Crippen LogP) is 4.16. The highest BCUT2D eigenvalue weighted by atomic mass is 16.5. The molecule has 1 N–H and O–H groups in total. The lowest BCUT2D eigenvalue weighted by Crippen LogP contribution is -2.23. The average molecular weight is 342 g/mol. The zero-order valence-electron chi connectivity index (χ0n) is 14.4. The third-order valence-electron chi connectivity index (χ3n) is 4.11. The van der Waals surface area contributed by atoms with Crippen molar-refractivity contribution in [3.63, 3.8) is 0 Å². The number of hydrogen-bond acceptors (Lipinski definition) is 3. The van der Waals surface area contributed by atoms with Crippen molar-refractivity contribution in [1.82, 2.24) is 5.32 Å². The minimum atomic E-state index is -0.138. The molecule has 0 unspecified atom stereocenters. The van der Waals surface area contributed by atoms with E-state index in [1.165, 1.54) is 0 Å². The number of carbonyl (C=O) groups excluding carboxylic acids is 1. The molecule has 0 aromatic heterocycles. The van der Waals surface area contributed by atoms with Gasteiger partial charge in [0.15, 0.2) is 0 Å². The third-order valence-corrected chi connectivity index (χ3v) is 4.11. The molecule has 128 valence electrons. The number of hydrogen-bond donors (Lipinski definition) is 1. The molecule has 0 aliphatic rings. The normalized spacial score (nSPS) is 10.0. The lowest BCUT2D eigenvalue weighted by molar-refractivity contribution is 0.0951. The standard InChI is InChI=1S/C22H18N2O2/c1-26-19-12-10-18(11-13-19)20-4-2-3-5-21(20)22(25)24-15-17-8-6-16(14-23)7-9-17/h2-13H,15H2,1H3,(H,24,25). The summed E-state index contributed by atoms with van der Waals surface area (Å²) in [7, 11) is 1.62. The van der Waals surface area contributed by atoms with E-state index >= 15 is 0 Å². The fraction of sp³-hybridized carbons (Fsp3) is 0.0909. The highest BCUT2D eigenvalue weighted by Crippen LogP contribution is 2.25.